The summed E-state index contributed by atoms with van der Waals surface area (Å²) in [5.41, 5.74) is 7.23. The van der Waals surface area contributed by atoms with Crippen LogP contribution in [0.25, 0.3) is 0 Å². The highest BCUT2D eigenvalue weighted by Gasteiger charge is 2.26. The molecule has 2 heterocycles. The van der Waals surface area contributed by atoms with E-state index in [9.17, 15) is 9.59 Å². The van der Waals surface area contributed by atoms with Crippen molar-refractivity contribution in [2.24, 2.45) is 5.73 Å². The molecule has 0 saturated carbocycles. The molecule has 2 aliphatic rings. The van der Waals surface area contributed by atoms with Gasteiger partial charge in [-0.1, -0.05) is 0 Å². The number of piperidine rings is 1. The quantitative estimate of drug-likeness (QED) is 0.820. The number of amides is 2. The minimum Gasteiger partial charge on any atom is -0.339 e. The predicted molar refractivity (Wildman–Crippen MR) is 90.8 cm³/mol. The highest BCUT2D eigenvalue weighted by Crippen LogP contribution is 2.36. The summed E-state index contributed by atoms with van der Waals surface area (Å²) < 4.78 is 0. The van der Waals surface area contributed by atoms with Gasteiger partial charge in [0, 0.05) is 29.6 Å². The molecule has 0 bridgehead atoms. The van der Waals surface area contributed by atoms with Crippen LogP contribution >= 0.6 is 24.2 Å². The van der Waals surface area contributed by atoms with E-state index in [4.69, 9.17) is 5.73 Å². The number of nitrogens with one attached hydrogen (secondary N) is 1. The molecular weight excluding hydrogens is 322 g/mol. The van der Waals surface area contributed by atoms with Gasteiger partial charge in [0.1, 0.15) is 0 Å². The second-order valence-electron chi connectivity index (χ2n) is 5.59. The summed E-state index contributed by atoms with van der Waals surface area (Å²) in [7, 11) is 0. The van der Waals surface area contributed by atoms with Crippen molar-refractivity contribution in [2.75, 3.05) is 18.4 Å². The van der Waals surface area contributed by atoms with Crippen molar-refractivity contribution in [1.29, 1.82) is 0 Å². The number of hydrogen-bond acceptors (Lipinski definition) is 4. The number of nitrogens with zero attached hydrogens (tertiary/aromatic N) is 1. The van der Waals surface area contributed by atoms with Crippen LogP contribution in [0.1, 0.15) is 30.1 Å². The molecule has 0 spiro atoms. The molecule has 120 valence electrons. The van der Waals surface area contributed by atoms with Crippen LogP contribution in [0.3, 0.4) is 0 Å². The Morgan fingerprint density at radius 2 is 2.05 bits per heavy atom. The fourth-order valence-electron chi connectivity index (χ4n) is 2.63. The third-order valence-electron chi connectivity index (χ3n) is 3.98. The van der Waals surface area contributed by atoms with Gasteiger partial charge in [-0.2, -0.15) is 0 Å². The average Bonchev–Trinajstić information content (AvgIpc) is 2.48. The first-order valence-corrected chi connectivity index (χ1v) is 8.09. The van der Waals surface area contributed by atoms with Crippen LogP contribution in [0.4, 0.5) is 5.69 Å². The second kappa shape index (κ2) is 6.89. The third-order valence-corrected chi connectivity index (χ3v) is 5.16. The zero-order chi connectivity index (χ0) is 15.0. The van der Waals surface area contributed by atoms with Crippen LogP contribution in [0, 0.1) is 0 Å². The summed E-state index contributed by atoms with van der Waals surface area (Å²) in [4.78, 5) is 27.1. The van der Waals surface area contributed by atoms with Gasteiger partial charge in [0.05, 0.1) is 10.9 Å². The molecule has 22 heavy (non-hydrogen) atoms. The monoisotopic (exact) mass is 341 g/mol. The lowest BCUT2D eigenvalue weighted by molar-refractivity contribution is -0.115. The Hall–Kier alpha value is -1.24. The van der Waals surface area contributed by atoms with E-state index in [1.54, 1.807) is 6.07 Å². The maximum absolute atomic E-state index is 12.5. The molecule has 5 nitrogen and oxygen atoms in total. The van der Waals surface area contributed by atoms with E-state index in [1.165, 1.54) is 11.8 Å². The van der Waals surface area contributed by atoms with Gasteiger partial charge in [-0.15, -0.1) is 24.2 Å². The zero-order valence-electron chi connectivity index (χ0n) is 12.4. The smallest absolute Gasteiger partial charge is 0.253 e. The first-order chi connectivity index (χ1) is 10.0. The molecule has 7 heteroatoms. The third kappa shape index (κ3) is 3.39. The van der Waals surface area contributed by atoms with Gasteiger partial charge in [0.15, 0.2) is 0 Å². The standard InChI is InChI=1S/C15H19N3O2S.ClH/c1-9-14(19)17-12-8-10(2-3-13(12)21-9)15(20)18-6-4-11(16)5-7-18;/h2-3,8-9,11H,4-7,16H2,1H3,(H,17,19);1H. The lowest BCUT2D eigenvalue weighted by atomic mass is 10.0. The Balaban J connectivity index is 0.00000176. The molecule has 1 unspecified atom stereocenters. The molecule has 3 N–H and O–H groups in total. The first kappa shape index (κ1) is 17.1. The molecule has 3 rings (SSSR count). The maximum atomic E-state index is 12.5. The van der Waals surface area contributed by atoms with E-state index >= 15 is 0 Å². The van der Waals surface area contributed by atoms with E-state index in [-0.39, 0.29) is 35.5 Å². The highest BCUT2D eigenvalue weighted by atomic mass is 35.5. The fraction of sp³-hybridized carbons (Fsp3) is 0.467. The van der Waals surface area contributed by atoms with Gasteiger partial charge in [-0.05, 0) is 38.0 Å². The van der Waals surface area contributed by atoms with Crippen LogP contribution in [0.5, 0.6) is 0 Å². The van der Waals surface area contributed by atoms with E-state index in [2.05, 4.69) is 5.32 Å². The van der Waals surface area contributed by atoms with Gasteiger partial charge >= 0.3 is 0 Å². The van der Waals surface area contributed by atoms with E-state index < -0.39 is 0 Å². The summed E-state index contributed by atoms with van der Waals surface area (Å²) in [6.07, 6.45) is 1.70. The van der Waals surface area contributed by atoms with E-state index in [0.29, 0.717) is 18.7 Å². The molecule has 0 aromatic heterocycles. The van der Waals surface area contributed by atoms with Crippen LogP contribution in [-0.4, -0.2) is 41.1 Å². The number of rotatable bonds is 1. The van der Waals surface area contributed by atoms with E-state index in [0.717, 1.165) is 23.4 Å². The van der Waals surface area contributed by atoms with E-state index in [1.807, 2.05) is 24.0 Å². The molecule has 0 radical (unpaired) electrons. The van der Waals surface area contributed by atoms with Crippen LogP contribution in [0.2, 0.25) is 0 Å². The van der Waals surface area contributed by atoms with Crippen molar-refractivity contribution in [3.05, 3.63) is 23.8 Å². The molecule has 0 aliphatic carbocycles. The zero-order valence-corrected chi connectivity index (χ0v) is 14.0. The summed E-state index contributed by atoms with van der Waals surface area (Å²) in [5.74, 6) is 0.00335. The number of anilines is 1. The number of carbonyl (C=O) groups excluding carboxylic acids is 2. The van der Waals surface area contributed by atoms with Gasteiger partial charge in [-0.25, -0.2) is 0 Å². The average molecular weight is 342 g/mol. The van der Waals surface area contributed by atoms with Gasteiger partial charge in [-0.3, -0.25) is 9.59 Å². The number of thioether (sulfide) groups is 1. The van der Waals surface area contributed by atoms with Crippen molar-refractivity contribution in [3.8, 4) is 0 Å². The Bertz CT molecular complexity index is 588. The number of halogens is 1. The summed E-state index contributed by atoms with van der Waals surface area (Å²) in [5, 5.41) is 2.77. The van der Waals surface area contributed by atoms with Gasteiger partial charge in [0.2, 0.25) is 5.91 Å². The minimum absolute atomic E-state index is 0. The van der Waals surface area contributed by atoms with Crippen LogP contribution in [-0.2, 0) is 4.79 Å². The van der Waals surface area contributed by atoms with Gasteiger partial charge in [0.25, 0.3) is 5.91 Å². The lowest BCUT2D eigenvalue weighted by Crippen LogP contribution is -2.42. The molecule has 1 aromatic carbocycles. The summed E-state index contributed by atoms with van der Waals surface area (Å²) in [6, 6.07) is 5.74. The molecule has 2 aliphatic heterocycles. The van der Waals surface area contributed by atoms with Crippen molar-refractivity contribution in [2.45, 2.75) is 36.0 Å². The van der Waals surface area contributed by atoms with Crippen molar-refractivity contribution in [3.63, 3.8) is 0 Å². The summed E-state index contributed by atoms with van der Waals surface area (Å²) >= 11 is 1.52. The van der Waals surface area contributed by atoms with Crippen molar-refractivity contribution >= 4 is 41.7 Å². The lowest BCUT2D eigenvalue weighted by Gasteiger charge is -2.30. The van der Waals surface area contributed by atoms with Crippen LogP contribution < -0.4 is 11.1 Å². The molecule has 1 saturated heterocycles. The van der Waals surface area contributed by atoms with Crippen LogP contribution in [0.15, 0.2) is 23.1 Å². The molecule has 1 fully saturated rings. The Morgan fingerprint density at radius 3 is 2.73 bits per heavy atom. The Morgan fingerprint density at radius 1 is 1.36 bits per heavy atom. The first-order valence-electron chi connectivity index (χ1n) is 7.21. The molecule has 2 amide bonds. The number of hydrogen-bond donors (Lipinski definition) is 2. The normalized spacial score (nSPS) is 21.6. The Labute approximate surface area is 140 Å². The number of benzene rings is 1. The summed E-state index contributed by atoms with van der Waals surface area (Å²) in [6.45, 7) is 3.28. The van der Waals surface area contributed by atoms with Crippen molar-refractivity contribution in [1.82, 2.24) is 4.90 Å². The van der Waals surface area contributed by atoms with Gasteiger partial charge < -0.3 is 16.0 Å². The highest BCUT2D eigenvalue weighted by molar-refractivity contribution is 8.00. The molecular formula is C15H20ClN3O2S. The molecule has 1 aromatic rings. The predicted octanol–water partition coefficient (Wildman–Crippen LogP) is 2.10. The maximum Gasteiger partial charge on any atom is 0.253 e. The number of fused-ring (bicyclic) bond motifs is 1. The fourth-order valence-corrected chi connectivity index (χ4v) is 3.56. The van der Waals surface area contributed by atoms with Crippen molar-refractivity contribution < 1.29 is 9.59 Å². The SMILES string of the molecule is CC1Sc2ccc(C(=O)N3CCC(N)CC3)cc2NC1=O.Cl. The second-order valence-corrected chi connectivity index (χ2v) is 6.97. The number of carbonyl (C=O) groups is 2. The minimum atomic E-state index is -0.0948. The Kier molecular flexibility index (Phi) is 5.36. The largest absolute Gasteiger partial charge is 0.339 e. The number of nitrogens with two attached hydrogens (primary N) is 1. The molecule has 1 atom stereocenters. The number of likely N-dealkylation sites (tertiary alicyclic amines) is 1. The topological polar surface area (TPSA) is 75.4 Å².